The van der Waals surface area contributed by atoms with Crippen LogP contribution in [0, 0.1) is 0 Å². The smallest absolute Gasteiger partial charge is 0.0997 e. The fourth-order valence-electron chi connectivity index (χ4n) is 0.341. The van der Waals surface area contributed by atoms with E-state index in [9.17, 15) is 10.2 Å². The molecule has 2 nitrogen and oxygen atoms in total. The average Bonchev–Trinajstić information content (AvgIpc) is 1.88. The molecule has 0 fully saturated rings. The number of rotatable bonds is 3. The molecule has 0 aromatic heterocycles. The third kappa shape index (κ3) is 2.05. The van der Waals surface area contributed by atoms with Gasteiger partial charge in [0.05, 0.1) is 11.2 Å². The van der Waals surface area contributed by atoms with Crippen LogP contribution in [0.5, 0.6) is 0 Å². The second-order valence-corrected chi connectivity index (χ2v) is 3.50. The molecule has 2 atom stereocenters. The van der Waals surface area contributed by atoms with E-state index in [0.717, 1.165) is 0 Å². The van der Waals surface area contributed by atoms with Gasteiger partial charge in [-0.2, -0.15) is 25.3 Å². The Kier molecular flexibility index (Phi) is 3.55. The minimum absolute atomic E-state index is 0.223. The van der Waals surface area contributed by atoms with E-state index in [-0.39, 0.29) is 11.5 Å². The Labute approximate surface area is 72.5 Å². The van der Waals surface area contributed by atoms with E-state index < -0.39 is 11.2 Å². The van der Waals surface area contributed by atoms with E-state index in [2.05, 4.69) is 25.3 Å². The van der Waals surface area contributed by atoms with Crippen LogP contribution in [0.2, 0.25) is 0 Å². The van der Waals surface area contributed by atoms with Crippen LogP contribution in [0.1, 0.15) is 13.8 Å². The third-order valence-electron chi connectivity index (χ3n) is 1.78. The molecule has 0 radical (unpaired) electrons. The van der Waals surface area contributed by atoms with E-state index in [1.165, 1.54) is 13.8 Å². The Hall–Kier alpha value is 0.620. The van der Waals surface area contributed by atoms with Crippen LogP contribution in [0.4, 0.5) is 0 Å². The van der Waals surface area contributed by atoms with Crippen LogP contribution in [0.15, 0.2) is 0 Å². The van der Waals surface area contributed by atoms with E-state index in [1.807, 2.05) is 0 Å². The highest BCUT2D eigenvalue weighted by molar-refractivity contribution is 7.80. The third-order valence-corrected chi connectivity index (χ3v) is 3.01. The van der Waals surface area contributed by atoms with Gasteiger partial charge in [0.1, 0.15) is 0 Å². The van der Waals surface area contributed by atoms with Crippen molar-refractivity contribution in [3.05, 3.63) is 0 Å². The van der Waals surface area contributed by atoms with Crippen LogP contribution in [-0.2, 0) is 0 Å². The lowest BCUT2D eigenvalue weighted by molar-refractivity contribution is -0.100. The Morgan fingerprint density at radius 2 is 1.20 bits per heavy atom. The van der Waals surface area contributed by atoms with Gasteiger partial charge in [-0.25, -0.2) is 0 Å². The van der Waals surface area contributed by atoms with Crippen LogP contribution in [0.3, 0.4) is 0 Å². The molecule has 62 valence electrons. The van der Waals surface area contributed by atoms with Gasteiger partial charge >= 0.3 is 0 Å². The van der Waals surface area contributed by atoms with Gasteiger partial charge in [-0.15, -0.1) is 0 Å². The zero-order valence-corrected chi connectivity index (χ0v) is 7.99. The summed E-state index contributed by atoms with van der Waals surface area (Å²) in [6.45, 7) is 3.08. The predicted octanol–water partition coefficient (Wildman–Crippen LogP) is 0.348. The van der Waals surface area contributed by atoms with Crippen LogP contribution in [-0.4, -0.2) is 32.9 Å². The zero-order valence-electron chi connectivity index (χ0n) is 6.20. The molecule has 0 aromatic rings. The Morgan fingerprint density at radius 3 is 1.30 bits per heavy atom. The molecular weight excluding hydrogens is 168 g/mol. The minimum Gasteiger partial charge on any atom is -0.386 e. The van der Waals surface area contributed by atoms with Gasteiger partial charge in [0.2, 0.25) is 0 Å². The highest BCUT2D eigenvalue weighted by Crippen LogP contribution is 2.23. The molecule has 0 aromatic carbocycles. The van der Waals surface area contributed by atoms with Crippen molar-refractivity contribution in [2.24, 2.45) is 0 Å². The van der Waals surface area contributed by atoms with E-state index in [4.69, 9.17) is 0 Å². The quantitative estimate of drug-likeness (QED) is 0.476. The van der Waals surface area contributed by atoms with Crippen molar-refractivity contribution in [2.45, 2.75) is 25.0 Å². The fourth-order valence-corrected chi connectivity index (χ4v) is 1.02. The average molecular weight is 182 g/mol. The van der Waals surface area contributed by atoms with Gasteiger partial charge in [0.15, 0.2) is 0 Å². The summed E-state index contributed by atoms with van der Waals surface area (Å²) in [6.07, 6.45) is 0. The monoisotopic (exact) mass is 182 g/mol. The van der Waals surface area contributed by atoms with E-state index in [0.29, 0.717) is 0 Å². The van der Waals surface area contributed by atoms with Crippen molar-refractivity contribution in [1.29, 1.82) is 0 Å². The second kappa shape index (κ2) is 3.34. The van der Waals surface area contributed by atoms with Crippen molar-refractivity contribution in [1.82, 2.24) is 0 Å². The first-order valence-electron chi connectivity index (χ1n) is 3.04. The van der Waals surface area contributed by atoms with Crippen molar-refractivity contribution in [2.75, 3.05) is 11.5 Å². The summed E-state index contributed by atoms with van der Waals surface area (Å²) >= 11 is 7.81. The molecule has 0 rings (SSSR count). The SMILES string of the molecule is CC(O)(CS)C(C)(O)CS. The maximum atomic E-state index is 9.48. The lowest BCUT2D eigenvalue weighted by Crippen LogP contribution is -2.52. The zero-order chi connectivity index (χ0) is 8.41. The van der Waals surface area contributed by atoms with E-state index in [1.54, 1.807) is 0 Å². The minimum atomic E-state index is -1.17. The fraction of sp³-hybridized carbons (Fsp3) is 1.00. The van der Waals surface area contributed by atoms with Crippen molar-refractivity contribution in [3.63, 3.8) is 0 Å². The van der Waals surface area contributed by atoms with Crippen LogP contribution in [0.25, 0.3) is 0 Å². The summed E-state index contributed by atoms with van der Waals surface area (Å²) in [6, 6.07) is 0. The van der Waals surface area contributed by atoms with Crippen LogP contribution < -0.4 is 0 Å². The Balaban J connectivity index is 4.28. The lowest BCUT2D eigenvalue weighted by Gasteiger charge is -2.36. The normalized spacial score (nSPS) is 23.4. The summed E-state index contributed by atoms with van der Waals surface area (Å²) in [5, 5.41) is 19.0. The molecule has 0 spiro atoms. The molecule has 0 saturated carbocycles. The summed E-state index contributed by atoms with van der Waals surface area (Å²) in [7, 11) is 0. The summed E-state index contributed by atoms with van der Waals surface area (Å²) in [4.78, 5) is 0. The summed E-state index contributed by atoms with van der Waals surface area (Å²) in [5.74, 6) is 0.446. The molecule has 0 aliphatic rings. The van der Waals surface area contributed by atoms with E-state index >= 15 is 0 Å². The van der Waals surface area contributed by atoms with Gasteiger partial charge in [-0.05, 0) is 13.8 Å². The molecule has 0 bridgehead atoms. The molecule has 0 aliphatic heterocycles. The topological polar surface area (TPSA) is 40.5 Å². The van der Waals surface area contributed by atoms with Gasteiger partial charge < -0.3 is 10.2 Å². The maximum Gasteiger partial charge on any atom is 0.0997 e. The molecule has 2 N–H and O–H groups in total. The van der Waals surface area contributed by atoms with Gasteiger partial charge in [-0.3, -0.25) is 0 Å². The Morgan fingerprint density at radius 1 is 1.00 bits per heavy atom. The molecule has 0 aliphatic carbocycles. The number of aliphatic hydroxyl groups is 2. The highest BCUT2D eigenvalue weighted by Gasteiger charge is 2.39. The van der Waals surface area contributed by atoms with Gasteiger partial charge in [0.25, 0.3) is 0 Å². The summed E-state index contributed by atoms with van der Waals surface area (Å²) in [5.41, 5.74) is -2.34. The highest BCUT2D eigenvalue weighted by atomic mass is 32.1. The molecule has 0 amide bonds. The summed E-state index contributed by atoms with van der Waals surface area (Å²) < 4.78 is 0. The molecule has 4 heteroatoms. The van der Waals surface area contributed by atoms with Gasteiger partial charge in [0, 0.05) is 11.5 Å². The van der Waals surface area contributed by atoms with Crippen LogP contribution >= 0.6 is 25.3 Å². The first-order chi connectivity index (χ1) is 4.37. The van der Waals surface area contributed by atoms with Crippen molar-refractivity contribution < 1.29 is 10.2 Å². The number of thiol groups is 2. The molecular formula is C6H14O2S2. The number of hydrogen-bond acceptors (Lipinski definition) is 4. The predicted molar refractivity (Wildman–Crippen MR) is 49.0 cm³/mol. The van der Waals surface area contributed by atoms with Crippen molar-refractivity contribution in [3.8, 4) is 0 Å². The van der Waals surface area contributed by atoms with Crippen molar-refractivity contribution >= 4 is 25.3 Å². The number of hydrogen-bond donors (Lipinski definition) is 4. The maximum absolute atomic E-state index is 9.48. The largest absolute Gasteiger partial charge is 0.386 e. The molecule has 0 saturated heterocycles. The molecule has 10 heavy (non-hydrogen) atoms. The molecule has 0 heterocycles. The first kappa shape index (κ1) is 10.6. The Bertz CT molecular complexity index is 98.3. The second-order valence-electron chi connectivity index (χ2n) is 2.86. The lowest BCUT2D eigenvalue weighted by atomic mass is 9.89. The molecule has 2 unspecified atom stereocenters. The first-order valence-corrected chi connectivity index (χ1v) is 4.30. The van der Waals surface area contributed by atoms with Gasteiger partial charge in [-0.1, -0.05) is 0 Å². The standard InChI is InChI=1S/C6H14O2S2/c1-5(7,3-9)6(2,8)4-10/h7-10H,3-4H2,1-2H3.